The molecular weight excluding hydrogens is 266 g/mol. The second-order valence-electron chi connectivity index (χ2n) is 6.16. The molecule has 4 atom stereocenters. The van der Waals surface area contributed by atoms with Gasteiger partial charge in [-0.2, -0.15) is 0 Å². The molecule has 0 spiro atoms. The molecule has 0 heterocycles. The van der Waals surface area contributed by atoms with Gasteiger partial charge in [-0.15, -0.1) is 0 Å². The SMILES string of the molecule is CCNC1CCC(C)CC1S(=O)c1ccc(C)c(C)c1. The van der Waals surface area contributed by atoms with E-state index in [9.17, 15) is 4.21 Å². The Bertz CT molecular complexity index is 486. The third kappa shape index (κ3) is 3.50. The molecule has 1 aromatic rings. The highest BCUT2D eigenvalue weighted by Crippen LogP contribution is 2.30. The van der Waals surface area contributed by atoms with Crippen LogP contribution in [0, 0.1) is 19.8 Å². The zero-order valence-corrected chi connectivity index (χ0v) is 13.9. The van der Waals surface area contributed by atoms with Gasteiger partial charge in [-0.3, -0.25) is 4.21 Å². The predicted octanol–water partition coefficient (Wildman–Crippen LogP) is 3.58. The van der Waals surface area contributed by atoms with Crippen LogP contribution in [0.1, 0.15) is 44.2 Å². The molecule has 112 valence electrons. The first-order chi connectivity index (χ1) is 9.52. The molecule has 1 aliphatic rings. The van der Waals surface area contributed by atoms with Crippen molar-refractivity contribution in [2.24, 2.45) is 5.92 Å². The fourth-order valence-electron chi connectivity index (χ4n) is 3.07. The van der Waals surface area contributed by atoms with Crippen molar-refractivity contribution < 1.29 is 4.21 Å². The van der Waals surface area contributed by atoms with Gasteiger partial charge < -0.3 is 5.32 Å². The van der Waals surface area contributed by atoms with Crippen LogP contribution in [0.25, 0.3) is 0 Å². The van der Waals surface area contributed by atoms with Gasteiger partial charge in [-0.05, 0) is 68.8 Å². The van der Waals surface area contributed by atoms with Crippen molar-refractivity contribution in [3.63, 3.8) is 0 Å². The maximum atomic E-state index is 13.0. The van der Waals surface area contributed by atoms with Crippen molar-refractivity contribution >= 4 is 10.8 Å². The molecule has 3 heteroatoms. The molecular formula is C17H27NOS. The van der Waals surface area contributed by atoms with E-state index in [1.165, 1.54) is 17.5 Å². The summed E-state index contributed by atoms with van der Waals surface area (Å²) < 4.78 is 13.0. The van der Waals surface area contributed by atoms with Gasteiger partial charge in [0.05, 0.1) is 16.0 Å². The molecule has 0 aliphatic heterocycles. The number of hydrogen-bond donors (Lipinski definition) is 1. The lowest BCUT2D eigenvalue weighted by Crippen LogP contribution is -2.46. The molecule has 4 unspecified atom stereocenters. The highest BCUT2D eigenvalue weighted by atomic mass is 32.2. The van der Waals surface area contributed by atoms with E-state index in [1.54, 1.807) is 0 Å². The van der Waals surface area contributed by atoms with Gasteiger partial charge in [0.2, 0.25) is 0 Å². The largest absolute Gasteiger partial charge is 0.313 e. The number of nitrogens with one attached hydrogen (secondary N) is 1. The molecule has 20 heavy (non-hydrogen) atoms. The summed E-state index contributed by atoms with van der Waals surface area (Å²) in [5.74, 6) is 0.686. The molecule has 0 bridgehead atoms. The van der Waals surface area contributed by atoms with E-state index in [0.29, 0.717) is 12.0 Å². The Morgan fingerprint density at radius 3 is 2.65 bits per heavy atom. The second kappa shape index (κ2) is 6.86. The minimum absolute atomic E-state index is 0.251. The minimum atomic E-state index is -0.903. The standard InChI is InChI=1S/C17H27NOS/c1-5-18-16-9-6-12(2)10-17(16)20(19)15-8-7-13(3)14(4)11-15/h7-8,11-12,16-18H,5-6,9-10H2,1-4H3. The third-order valence-corrected chi connectivity index (χ3v) is 6.30. The smallest absolute Gasteiger partial charge is 0.0576 e. The van der Waals surface area contributed by atoms with Crippen molar-refractivity contribution in [2.45, 2.75) is 63.1 Å². The Hall–Kier alpha value is -0.670. The van der Waals surface area contributed by atoms with Gasteiger partial charge in [-0.25, -0.2) is 0 Å². The first-order valence-corrected chi connectivity index (χ1v) is 8.95. The lowest BCUT2D eigenvalue weighted by atomic mass is 9.87. The second-order valence-corrected chi connectivity index (χ2v) is 7.84. The van der Waals surface area contributed by atoms with Crippen molar-refractivity contribution in [2.75, 3.05) is 6.54 Å². The Morgan fingerprint density at radius 1 is 1.25 bits per heavy atom. The molecule has 1 N–H and O–H groups in total. The Kier molecular flexibility index (Phi) is 5.39. The van der Waals surface area contributed by atoms with Crippen LogP contribution < -0.4 is 5.32 Å². The van der Waals surface area contributed by atoms with Gasteiger partial charge in [-0.1, -0.05) is 19.9 Å². The van der Waals surface area contributed by atoms with E-state index < -0.39 is 10.8 Å². The molecule has 2 nitrogen and oxygen atoms in total. The predicted molar refractivity (Wildman–Crippen MR) is 86.6 cm³/mol. The molecule has 0 amide bonds. The summed E-state index contributed by atoms with van der Waals surface area (Å²) in [6.07, 6.45) is 3.46. The number of benzene rings is 1. The molecule has 1 saturated carbocycles. The van der Waals surface area contributed by atoms with Crippen molar-refractivity contribution in [1.29, 1.82) is 0 Å². The van der Waals surface area contributed by atoms with E-state index >= 15 is 0 Å². The van der Waals surface area contributed by atoms with Crippen LogP contribution in [-0.4, -0.2) is 22.0 Å². The Morgan fingerprint density at radius 2 is 2.00 bits per heavy atom. The molecule has 0 radical (unpaired) electrons. The van der Waals surface area contributed by atoms with Gasteiger partial charge in [0, 0.05) is 10.9 Å². The van der Waals surface area contributed by atoms with Crippen molar-refractivity contribution in [1.82, 2.24) is 5.32 Å². The molecule has 1 fully saturated rings. The van der Waals surface area contributed by atoms with Gasteiger partial charge in [0.25, 0.3) is 0 Å². The molecule has 2 rings (SSSR count). The van der Waals surface area contributed by atoms with E-state index in [-0.39, 0.29) is 5.25 Å². The third-order valence-electron chi connectivity index (χ3n) is 4.51. The fourth-order valence-corrected chi connectivity index (χ4v) is 4.95. The fraction of sp³-hybridized carbons (Fsp3) is 0.647. The molecule has 1 aliphatic carbocycles. The summed E-state index contributed by atoms with van der Waals surface area (Å²) in [7, 11) is -0.903. The summed E-state index contributed by atoms with van der Waals surface area (Å²) in [5, 5.41) is 3.79. The summed E-state index contributed by atoms with van der Waals surface area (Å²) in [4.78, 5) is 0.995. The summed E-state index contributed by atoms with van der Waals surface area (Å²) in [6, 6.07) is 6.64. The number of hydrogen-bond acceptors (Lipinski definition) is 2. The van der Waals surface area contributed by atoms with Gasteiger partial charge >= 0.3 is 0 Å². The number of rotatable bonds is 4. The lowest BCUT2D eigenvalue weighted by molar-refractivity contribution is 0.316. The lowest BCUT2D eigenvalue weighted by Gasteiger charge is -2.34. The minimum Gasteiger partial charge on any atom is -0.313 e. The highest BCUT2D eigenvalue weighted by Gasteiger charge is 2.33. The zero-order valence-electron chi connectivity index (χ0n) is 13.1. The highest BCUT2D eigenvalue weighted by molar-refractivity contribution is 7.85. The van der Waals surface area contributed by atoms with Crippen LogP contribution in [-0.2, 0) is 10.8 Å². The molecule has 0 aromatic heterocycles. The van der Waals surface area contributed by atoms with E-state index in [0.717, 1.165) is 24.3 Å². The Balaban J connectivity index is 2.21. The zero-order chi connectivity index (χ0) is 14.7. The van der Waals surface area contributed by atoms with Gasteiger partial charge in [0.1, 0.15) is 0 Å². The topological polar surface area (TPSA) is 29.1 Å². The van der Waals surface area contributed by atoms with E-state index in [4.69, 9.17) is 0 Å². The van der Waals surface area contributed by atoms with Gasteiger partial charge in [0.15, 0.2) is 0 Å². The summed E-state index contributed by atoms with van der Waals surface area (Å²) in [5.41, 5.74) is 2.51. The van der Waals surface area contributed by atoms with Crippen LogP contribution in [0.3, 0.4) is 0 Å². The first-order valence-electron chi connectivity index (χ1n) is 7.74. The van der Waals surface area contributed by atoms with Crippen LogP contribution in [0.2, 0.25) is 0 Å². The summed E-state index contributed by atoms with van der Waals surface area (Å²) >= 11 is 0. The van der Waals surface area contributed by atoms with Crippen LogP contribution in [0.4, 0.5) is 0 Å². The average molecular weight is 293 g/mol. The maximum Gasteiger partial charge on any atom is 0.0576 e. The van der Waals surface area contributed by atoms with Crippen LogP contribution in [0.15, 0.2) is 23.1 Å². The monoisotopic (exact) mass is 293 g/mol. The van der Waals surface area contributed by atoms with E-state index in [2.05, 4.69) is 45.1 Å². The number of aryl methyl sites for hydroxylation is 2. The maximum absolute atomic E-state index is 13.0. The summed E-state index contributed by atoms with van der Waals surface area (Å²) in [6.45, 7) is 9.58. The Labute approximate surface area is 125 Å². The quantitative estimate of drug-likeness (QED) is 0.919. The first kappa shape index (κ1) is 15.7. The van der Waals surface area contributed by atoms with Crippen molar-refractivity contribution in [3.05, 3.63) is 29.3 Å². The van der Waals surface area contributed by atoms with Crippen LogP contribution in [0.5, 0.6) is 0 Å². The molecule has 1 aromatic carbocycles. The van der Waals surface area contributed by atoms with E-state index in [1.807, 2.05) is 6.07 Å². The van der Waals surface area contributed by atoms with Crippen molar-refractivity contribution in [3.8, 4) is 0 Å². The molecule has 0 saturated heterocycles. The average Bonchev–Trinajstić information content (AvgIpc) is 2.43. The normalized spacial score (nSPS) is 28.3. The van der Waals surface area contributed by atoms with Crippen LogP contribution >= 0.6 is 0 Å².